The zero-order chi connectivity index (χ0) is 23.0. The lowest BCUT2D eigenvalue weighted by Crippen LogP contribution is -2.25. The van der Waals surface area contributed by atoms with Gasteiger partial charge in [0.05, 0.1) is 13.7 Å². The minimum Gasteiger partial charge on any atom is -0.497 e. The van der Waals surface area contributed by atoms with Gasteiger partial charge in [-0.05, 0) is 41.8 Å². The van der Waals surface area contributed by atoms with Gasteiger partial charge in [0.25, 0.3) is 5.91 Å². The Balaban J connectivity index is 1.48. The molecule has 7 nitrogen and oxygen atoms in total. The molecule has 0 radical (unpaired) electrons. The second-order valence-corrected chi connectivity index (χ2v) is 8.86. The van der Waals surface area contributed by atoms with Crippen molar-refractivity contribution in [1.82, 2.24) is 15.2 Å². The number of aromatic nitrogens is 1. The second-order valence-electron chi connectivity index (χ2n) is 7.92. The van der Waals surface area contributed by atoms with Gasteiger partial charge in [0.15, 0.2) is 11.5 Å². The second kappa shape index (κ2) is 11.2. The first-order valence-electron chi connectivity index (χ1n) is 11.1. The number of methoxy groups -OCH3 is 1. The molecular formula is C25H29N3O4S. The molecule has 2 heterocycles. The first-order valence-corrected chi connectivity index (χ1v) is 12.0. The van der Waals surface area contributed by atoms with Gasteiger partial charge < -0.3 is 19.5 Å². The molecule has 0 bridgehead atoms. The number of hydrogen-bond acceptors (Lipinski definition) is 7. The fourth-order valence-electron chi connectivity index (χ4n) is 3.60. The predicted octanol–water partition coefficient (Wildman–Crippen LogP) is 4.61. The van der Waals surface area contributed by atoms with E-state index in [0.717, 1.165) is 47.2 Å². The van der Waals surface area contributed by atoms with Crippen LogP contribution >= 0.6 is 11.3 Å². The van der Waals surface area contributed by atoms with Gasteiger partial charge >= 0.3 is 0 Å². The Kier molecular flexibility index (Phi) is 7.80. The van der Waals surface area contributed by atoms with E-state index in [1.54, 1.807) is 7.11 Å². The summed E-state index contributed by atoms with van der Waals surface area (Å²) in [7, 11) is 1.67. The van der Waals surface area contributed by atoms with Crippen molar-refractivity contribution in [2.24, 2.45) is 0 Å². The van der Waals surface area contributed by atoms with Crippen LogP contribution < -0.4 is 19.5 Å². The van der Waals surface area contributed by atoms with Gasteiger partial charge in [-0.3, -0.25) is 9.69 Å². The third-order valence-corrected chi connectivity index (χ3v) is 6.20. The Bertz CT molecular complexity index is 1070. The summed E-state index contributed by atoms with van der Waals surface area (Å²) in [5.41, 5.74) is 2.78. The van der Waals surface area contributed by atoms with Crippen LogP contribution in [0.4, 0.5) is 0 Å². The molecule has 0 fully saturated rings. The van der Waals surface area contributed by atoms with Gasteiger partial charge in [-0.1, -0.05) is 31.5 Å². The molecule has 8 heteroatoms. The van der Waals surface area contributed by atoms with Crippen molar-refractivity contribution in [3.8, 4) is 17.2 Å². The maximum atomic E-state index is 12.4. The van der Waals surface area contributed by atoms with Crippen LogP contribution in [-0.4, -0.2) is 36.2 Å². The van der Waals surface area contributed by atoms with Crippen LogP contribution in [0.5, 0.6) is 17.2 Å². The molecule has 1 N–H and O–H groups in total. The van der Waals surface area contributed by atoms with Crippen molar-refractivity contribution in [3.63, 3.8) is 0 Å². The van der Waals surface area contributed by atoms with E-state index in [2.05, 4.69) is 40.3 Å². The van der Waals surface area contributed by atoms with Crippen molar-refractivity contribution >= 4 is 17.2 Å². The van der Waals surface area contributed by atoms with E-state index >= 15 is 0 Å². The molecule has 33 heavy (non-hydrogen) atoms. The van der Waals surface area contributed by atoms with Crippen LogP contribution in [0.2, 0.25) is 0 Å². The molecule has 0 saturated heterocycles. The summed E-state index contributed by atoms with van der Waals surface area (Å²) >= 11 is 1.51. The zero-order valence-electron chi connectivity index (χ0n) is 19.0. The van der Waals surface area contributed by atoms with Gasteiger partial charge in [-0.25, -0.2) is 4.98 Å². The van der Waals surface area contributed by atoms with Crippen molar-refractivity contribution in [3.05, 3.63) is 69.7 Å². The summed E-state index contributed by atoms with van der Waals surface area (Å²) in [6, 6.07) is 14.1. The molecule has 1 aliphatic heterocycles. The molecule has 3 aromatic rings. The number of fused-ring (bicyclic) bond motifs is 1. The number of benzene rings is 2. The van der Waals surface area contributed by atoms with Crippen LogP contribution in [-0.2, 0) is 19.6 Å². The van der Waals surface area contributed by atoms with Crippen molar-refractivity contribution in [2.45, 2.75) is 39.4 Å². The van der Waals surface area contributed by atoms with Gasteiger partial charge in [-0.2, -0.15) is 0 Å². The third-order valence-electron chi connectivity index (χ3n) is 5.37. The van der Waals surface area contributed by atoms with E-state index < -0.39 is 0 Å². The van der Waals surface area contributed by atoms with Crippen molar-refractivity contribution in [1.29, 1.82) is 0 Å². The number of rotatable bonds is 11. The van der Waals surface area contributed by atoms with Crippen LogP contribution in [0.15, 0.2) is 47.8 Å². The summed E-state index contributed by atoms with van der Waals surface area (Å²) in [5.74, 6) is 2.28. The van der Waals surface area contributed by atoms with E-state index in [1.807, 2.05) is 29.6 Å². The highest BCUT2D eigenvalue weighted by Gasteiger charge is 2.17. The SMILES string of the molecule is CCCCNC(=O)c1csc(CN(Cc2ccc(OC)cc2)Cc2ccc3c(c2)OCO3)n1. The number of thiazole rings is 1. The summed E-state index contributed by atoms with van der Waals surface area (Å²) in [6.07, 6.45) is 2.01. The minimum atomic E-state index is -0.108. The van der Waals surface area contributed by atoms with E-state index in [0.29, 0.717) is 25.3 Å². The molecule has 1 aromatic heterocycles. The largest absolute Gasteiger partial charge is 0.497 e. The molecule has 1 amide bonds. The van der Waals surface area contributed by atoms with Crippen molar-refractivity contribution < 1.29 is 19.0 Å². The monoisotopic (exact) mass is 467 g/mol. The fraction of sp³-hybridized carbons (Fsp3) is 0.360. The van der Waals surface area contributed by atoms with Crippen LogP contribution in [0.1, 0.15) is 46.4 Å². The minimum absolute atomic E-state index is 0.108. The highest BCUT2D eigenvalue weighted by molar-refractivity contribution is 7.09. The van der Waals surface area contributed by atoms with Crippen molar-refractivity contribution in [2.75, 3.05) is 20.4 Å². The Labute approximate surface area is 198 Å². The first-order chi connectivity index (χ1) is 16.1. The van der Waals surface area contributed by atoms with Crippen LogP contribution in [0.25, 0.3) is 0 Å². The number of unbranched alkanes of at least 4 members (excludes halogenated alkanes) is 1. The number of carbonyl (C=O) groups excluding carboxylic acids is 1. The molecule has 0 unspecified atom stereocenters. The average Bonchev–Trinajstić information content (AvgIpc) is 3.49. The van der Waals surface area contributed by atoms with E-state index in [9.17, 15) is 4.79 Å². The smallest absolute Gasteiger partial charge is 0.270 e. The number of carbonyl (C=O) groups is 1. The molecule has 174 valence electrons. The molecule has 0 spiro atoms. The predicted molar refractivity (Wildman–Crippen MR) is 128 cm³/mol. The normalized spacial score (nSPS) is 12.2. The maximum Gasteiger partial charge on any atom is 0.270 e. The molecule has 2 aromatic carbocycles. The number of nitrogens with one attached hydrogen (secondary N) is 1. The standard InChI is InChI=1S/C25H29N3O4S/c1-3-4-11-26-25(29)21-16-33-24(27-21)15-28(13-18-5-8-20(30-2)9-6-18)14-19-7-10-22-23(12-19)32-17-31-22/h5-10,12,16H,3-4,11,13-15,17H2,1-2H3,(H,26,29). The molecule has 1 aliphatic rings. The van der Waals surface area contributed by atoms with Gasteiger partial charge in [0.1, 0.15) is 16.5 Å². The number of nitrogens with zero attached hydrogens (tertiary/aromatic N) is 2. The Morgan fingerprint density at radius 2 is 1.85 bits per heavy atom. The average molecular weight is 468 g/mol. The quantitative estimate of drug-likeness (QED) is 0.415. The zero-order valence-corrected chi connectivity index (χ0v) is 19.8. The number of ether oxygens (including phenoxy) is 3. The lowest BCUT2D eigenvalue weighted by molar-refractivity contribution is 0.0948. The maximum absolute atomic E-state index is 12.4. The topological polar surface area (TPSA) is 72.9 Å². The molecular weight excluding hydrogens is 438 g/mol. The lowest BCUT2D eigenvalue weighted by Gasteiger charge is -2.22. The number of amides is 1. The van der Waals surface area contributed by atoms with E-state index in [1.165, 1.54) is 16.9 Å². The summed E-state index contributed by atoms with van der Waals surface area (Å²) in [4.78, 5) is 19.3. The number of hydrogen-bond donors (Lipinski definition) is 1. The van der Waals surface area contributed by atoms with Gasteiger partial charge in [-0.15, -0.1) is 11.3 Å². The molecule has 0 atom stereocenters. The Morgan fingerprint density at radius 3 is 2.64 bits per heavy atom. The van der Waals surface area contributed by atoms with Gasteiger partial charge in [0, 0.05) is 25.0 Å². The van der Waals surface area contributed by atoms with Gasteiger partial charge in [0.2, 0.25) is 6.79 Å². The summed E-state index contributed by atoms with van der Waals surface area (Å²) < 4.78 is 16.3. The van der Waals surface area contributed by atoms with E-state index in [-0.39, 0.29) is 12.7 Å². The molecule has 4 rings (SSSR count). The highest BCUT2D eigenvalue weighted by atomic mass is 32.1. The summed E-state index contributed by atoms with van der Waals surface area (Å²) in [6.45, 7) is 5.11. The fourth-order valence-corrected chi connectivity index (χ4v) is 4.42. The Hall–Kier alpha value is -3.10. The van der Waals surface area contributed by atoms with E-state index in [4.69, 9.17) is 14.2 Å². The first kappa shape index (κ1) is 23.1. The van der Waals surface area contributed by atoms with Crippen LogP contribution in [0.3, 0.4) is 0 Å². The molecule has 0 aliphatic carbocycles. The molecule has 0 saturated carbocycles. The summed E-state index contributed by atoms with van der Waals surface area (Å²) in [5, 5.41) is 5.68. The Morgan fingerprint density at radius 1 is 1.09 bits per heavy atom. The highest BCUT2D eigenvalue weighted by Crippen LogP contribution is 2.33. The van der Waals surface area contributed by atoms with Crippen LogP contribution in [0, 0.1) is 0 Å². The lowest BCUT2D eigenvalue weighted by atomic mass is 10.1. The third kappa shape index (κ3) is 6.24.